The van der Waals surface area contributed by atoms with E-state index in [4.69, 9.17) is 16.7 Å². The fourth-order valence-corrected chi connectivity index (χ4v) is 2.90. The highest BCUT2D eigenvalue weighted by Crippen LogP contribution is 2.24. The third kappa shape index (κ3) is 4.09. The van der Waals surface area contributed by atoms with E-state index in [9.17, 15) is 9.59 Å². The Morgan fingerprint density at radius 3 is 2.41 bits per heavy atom. The zero-order chi connectivity index (χ0) is 19.8. The molecule has 5 nitrogen and oxygen atoms in total. The Hall–Kier alpha value is -2.92. The highest BCUT2D eigenvalue weighted by molar-refractivity contribution is 6.50. The number of carboxylic acid groups (broad SMARTS) is 1. The molecule has 0 radical (unpaired) electrons. The molecule has 3 aromatic rings. The smallest absolute Gasteiger partial charge is 0.335 e. The molecule has 0 saturated carbocycles. The first kappa shape index (κ1) is 18.9. The van der Waals surface area contributed by atoms with Gasteiger partial charge < -0.3 is 10.1 Å². The number of fused-ring (bicyclic) bond motifs is 1. The van der Waals surface area contributed by atoms with E-state index in [1.807, 2.05) is 24.3 Å². The maximum Gasteiger partial charge on any atom is 0.335 e. The second-order valence-corrected chi connectivity index (χ2v) is 7.72. The Labute approximate surface area is 161 Å². The van der Waals surface area contributed by atoms with Crippen LogP contribution < -0.4 is 5.56 Å². The van der Waals surface area contributed by atoms with Crippen LogP contribution in [0.4, 0.5) is 0 Å². The molecule has 0 amide bonds. The number of aromatic nitrogens is 2. The van der Waals surface area contributed by atoms with Gasteiger partial charge >= 0.3 is 5.97 Å². The van der Waals surface area contributed by atoms with Crippen molar-refractivity contribution in [3.8, 4) is 0 Å². The molecule has 3 rings (SSSR count). The molecule has 27 heavy (non-hydrogen) atoms. The summed E-state index contributed by atoms with van der Waals surface area (Å²) in [6.07, 6.45) is 1.71. The lowest BCUT2D eigenvalue weighted by Gasteiger charge is -2.18. The molecular formula is C21H19ClN2O3. The van der Waals surface area contributed by atoms with Crippen LogP contribution in [0, 0.1) is 0 Å². The van der Waals surface area contributed by atoms with Crippen LogP contribution in [-0.4, -0.2) is 21.0 Å². The molecule has 0 saturated heterocycles. The summed E-state index contributed by atoms with van der Waals surface area (Å²) in [7, 11) is 0. The van der Waals surface area contributed by atoms with E-state index in [1.54, 1.807) is 6.08 Å². The second-order valence-electron chi connectivity index (χ2n) is 7.32. The van der Waals surface area contributed by atoms with Crippen molar-refractivity contribution in [2.45, 2.75) is 26.2 Å². The minimum Gasteiger partial charge on any atom is -0.478 e. The molecule has 0 aliphatic rings. The third-order valence-electron chi connectivity index (χ3n) is 4.25. The average Bonchev–Trinajstić information content (AvgIpc) is 2.60. The van der Waals surface area contributed by atoms with Crippen LogP contribution in [0.2, 0.25) is 0 Å². The van der Waals surface area contributed by atoms with Crippen molar-refractivity contribution >= 4 is 39.6 Å². The summed E-state index contributed by atoms with van der Waals surface area (Å²) in [5, 5.41) is 9.69. The molecule has 1 aromatic heterocycles. The van der Waals surface area contributed by atoms with Crippen LogP contribution in [0.5, 0.6) is 0 Å². The van der Waals surface area contributed by atoms with Crippen molar-refractivity contribution < 1.29 is 9.90 Å². The molecule has 0 aliphatic carbocycles. The predicted octanol–water partition coefficient (Wildman–Crippen LogP) is 4.66. The van der Waals surface area contributed by atoms with E-state index in [2.05, 4.69) is 30.7 Å². The topological polar surface area (TPSA) is 83.0 Å². The van der Waals surface area contributed by atoms with Gasteiger partial charge in [0.05, 0.1) is 21.5 Å². The molecule has 6 heteroatoms. The lowest BCUT2D eigenvalue weighted by molar-refractivity contribution is 0.0697. The first-order valence-corrected chi connectivity index (χ1v) is 8.78. The van der Waals surface area contributed by atoms with E-state index in [0.717, 1.165) is 5.56 Å². The van der Waals surface area contributed by atoms with Gasteiger partial charge in [-0.2, -0.15) is 0 Å². The number of aromatic carboxylic acids is 1. The van der Waals surface area contributed by atoms with Gasteiger partial charge in [0.15, 0.2) is 5.82 Å². The standard InChI is InChI=1S/C21H19ClN2O3/c1-21(2,3)14-7-4-12(5-8-14)10-16(22)18-23-17-11-13(20(26)27)6-9-15(17)19(25)24-18/h4-11H,1-3H3,(H,26,27)(H,23,24,25)/b16-10-. The number of hydrogen-bond donors (Lipinski definition) is 2. The Kier molecular flexibility index (Phi) is 4.89. The first-order valence-electron chi connectivity index (χ1n) is 8.40. The van der Waals surface area contributed by atoms with Gasteiger partial charge in [0.2, 0.25) is 0 Å². The van der Waals surface area contributed by atoms with Crippen molar-refractivity contribution in [1.29, 1.82) is 0 Å². The quantitative estimate of drug-likeness (QED) is 0.690. The highest BCUT2D eigenvalue weighted by atomic mass is 35.5. The molecule has 1 heterocycles. The molecule has 2 N–H and O–H groups in total. The maximum atomic E-state index is 12.3. The highest BCUT2D eigenvalue weighted by Gasteiger charge is 2.13. The average molecular weight is 383 g/mol. The maximum absolute atomic E-state index is 12.3. The minimum atomic E-state index is -1.08. The summed E-state index contributed by atoms with van der Waals surface area (Å²) in [6.45, 7) is 6.42. The van der Waals surface area contributed by atoms with Gasteiger partial charge in [-0.1, -0.05) is 56.6 Å². The molecule has 0 unspecified atom stereocenters. The van der Waals surface area contributed by atoms with Crippen LogP contribution in [0.25, 0.3) is 22.0 Å². The Balaban J connectivity index is 2.01. The molecule has 0 aliphatic heterocycles. The minimum absolute atomic E-state index is 0.0546. The number of carbonyl (C=O) groups is 1. The van der Waals surface area contributed by atoms with E-state index < -0.39 is 5.97 Å². The van der Waals surface area contributed by atoms with Crippen molar-refractivity contribution in [1.82, 2.24) is 9.97 Å². The second kappa shape index (κ2) is 7.00. The number of hydrogen-bond acceptors (Lipinski definition) is 3. The van der Waals surface area contributed by atoms with E-state index >= 15 is 0 Å². The lowest BCUT2D eigenvalue weighted by atomic mass is 9.87. The molecule has 138 valence electrons. The Morgan fingerprint density at radius 1 is 1.15 bits per heavy atom. The van der Waals surface area contributed by atoms with Crippen LogP contribution in [0.1, 0.15) is 48.1 Å². The Morgan fingerprint density at radius 2 is 1.81 bits per heavy atom. The van der Waals surface area contributed by atoms with Crippen LogP contribution in [0.15, 0.2) is 47.3 Å². The summed E-state index contributed by atoms with van der Waals surface area (Å²) >= 11 is 6.36. The van der Waals surface area contributed by atoms with Gasteiger partial charge in [0.1, 0.15) is 0 Å². The molecule has 2 aromatic carbocycles. The van der Waals surface area contributed by atoms with Gasteiger partial charge in [-0.05, 0) is 40.8 Å². The van der Waals surface area contributed by atoms with Crippen LogP contribution >= 0.6 is 11.6 Å². The summed E-state index contributed by atoms with van der Waals surface area (Å²) in [6, 6.07) is 12.1. The largest absolute Gasteiger partial charge is 0.478 e. The lowest BCUT2D eigenvalue weighted by Crippen LogP contribution is -2.11. The van der Waals surface area contributed by atoms with Gasteiger partial charge in [-0.25, -0.2) is 9.78 Å². The van der Waals surface area contributed by atoms with E-state index in [-0.39, 0.29) is 32.9 Å². The molecule has 0 spiro atoms. The van der Waals surface area contributed by atoms with Crippen molar-refractivity contribution in [3.05, 3.63) is 75.3 Å². The van der Waals surface area contributed by atoms with Crippen LogP contribution in [0.3, 0.4) is 0 Å². The summed E-state index contributed by atoms with van der Waals surface area (Å²) in [5.74, 6) is -0.891. The molecular weight excluding hydrogens is 364 g/mol. The third-order valence-corrected chi connectivity index (χ3v) is 4.54. The van der Waals surface area contributed by atoms with E-state index in [1.165, 1.54) is 23.8 Å². The fourth-order valence-electron chi connectivity index (χ4n) is 2.68. The number of aromatic amines is 1. The van der Waals surface area contributed by atoms with Gasteiger partial charge in [0, 0.05) is 0 Å². The SMILES string of the molecule is CC(C)(C)c1ccc(/C=C(\Cl)c2nc3cc(C(=O)O)ccc3c(=O)[nH]2)cc1. The van der Waals surface area contributed by atoms with Gasteiger partial charge in [-0.15, -0.1) is 0 Å². The number of H-pyrrole nitrogens is 1. The first-order chi connectivity index (χ1) is 12.6. The monoisotopic (exact) mass is 382 g/mol. The van der Waals surface area contributed by atoms with E-state index in [0.29, 0.717) is 5.39 Å². The number of nitrogens with one attached hydrogen (secondary N) is 1. The van der Waals surface area contributed by atoms with Crippen molar-refractivity contribution in [2.75, 3.05) is 0 Å². The Bertz CT molecular complexity index is 1110. The number of carboxylic acids is 1. The van der Waals surface area contributed by atoms with Gasteiger partial charge in [0.25, 0.3) is 5.56 Å². The summed E-state index contributed by atoms with van der Waals surface area (Å²) in [4.78, 5) is 30.4. The molecule has 0 bridgehead atoms. The zero-order valence-electron chi connectivity index (χ0n) is 15.2. The number of rotatable bonds is 3. The molecule has 0 atom stereocenters. The number of benzene rings is 2. The zero-order valence-corrected chi connectivity index (χ0v) is 16.0. The fraction of sp³-hybridized carbons (Fsp3) is 0.190. The van der Waals surface area contributed by atoms with Gasteiger partial charge in [-0.3, -0.25) is 4.79 Å². The van der Waals surface area contributed by atoms with Crippen LogP contribution in [-0.2, 0) is 5.41 Å². The number of halogens is 1. The summed E-state index contributed by atoms with van der Waals surface area (Å²) in [5.41, 5.74) is 2.09. The summed E-state index contributed by atoms with van der Waals surface area (Å²) < 4.78 is 0. The van der Waals surface area contributed by atoms with Crippen molar-refractivity contribution in [2.24, 2.45) is 0 Å². The predicted molar refractivity (Wildman–Crippen MR) is 108 cm³/mol. The molecule has 0 fully saturated rings. The van der Waals surface area contributed by atoms with Crippen molar-refractivity contribution in [3.63, 3.8) is 0 Å². The number of nitrogens with zero attached hydrogens (tertiary/aromatic N) is 1. The normalized spacial score (nSPS) is 12.4.